The van der Waals surface area contributed by atoms with E-state index in [0.29, 0.717) is 5.56 Å². The fraction of sp³-hybridized carbons (Fsp3) is 0.267. The second-order valence-corrected chi connectivity index (χ2v) is 8.82. The van der Waals surface area contributed by atoms with Gasteiger partial charge in [-0.05, 0) is 25.3 Å². The third-order valence-corrected chi connectivity index (χ3v) is 6.72. The van der Waals surface area contributed by atoms with Crippen LogP contribution in [-0.2, 0) is 19.9 Å². The van der Waals surface area contributed by atoms with E-state index in [1.165, 1.54) is 13.2 Å². The Morgan fingerprint density at radius 2 is 1.96 bits per heavy atom. The molecule has 13 heteroatoms. The fourth-order valence-corrected chi connectivity index (χ4v) is 5.46. The zero-order valence-electron chi connectivity index (χ0n) is 14.3. The van der Waals surface area contributed by atoms with Gasteiger partial charge in [-0.25, -0.2) is 4.31 Å². The number of amides is 2. The summed E-state index contributed by atoms with van der Waals surface area (Å²) in [6, 6.07) is 4.81. The molecule has 28 heavy (non-hydrogen) atoms. The van der Waals surface area contributed by atoms with Crippen molar-refractivity contribution in [2.24, 2.45) is 5.92 Å². The molecule has 1 aromatic carbocycles. The molecule has 2 amide bonds. The van der Waals surface area contributed by atoms with Gasteiger partial charge in [-0.1, -0.05) is 34.4 Å². The number of nitrogens with one attached hydrogen (secondary N) is 1. The van der Waals surface area contributed by atoms with Crippen LogP contribution in [0.5, 0.6) is 0 Å². The Morgan fingerprint density at radius 1 is 1.36 bits per heavy atom. The summed E-state index contributed by atoms with van der Waals surface area (Å²) in [5, 5.41) is 5.89. The average Bonchev–Trinajstić information content (AvgIpc) is 2.92. The van der Waals surface area contributed by atoms with E-state index < -0.39 is 33.4 Å². The van der Waals surface area contributed by atoms with Crippen LogP contribution in [-0.4, -0.2) is 45.9 Å². The molecule has 2 aromatic rings. The molecule has 1 aromatic heterocycles. The predicted molar refractivity (Wildman–Crippen MR) is 105 cm³/mol. The van der Waals surface area contributed by atoms with Crippen LogP contribution in [0, 0.1) is 12.8 Å². The molecule has 0 aliphatic carbocycles. The van der Waals surface area contributed by atoms with Gasteiger partial charge < -0.3 is 9.84 Å². The van der Waals surface area contributed by atoms with Crippen molar-refractivity contribution in [3.8, 4) is 11.3 Å². The van der Waals surface area contributed by atoms with E-state index in [9.17, 15) is 18.0 Å². The second kappa shape index (κ2) is 7.56. The van der Waals surface area contributed by atoms with Gasteiger partial charge in [0.1, 0.15) is 22.7 Å². The Morgan fingerprint density at radius 3 is 2.50 bits per heavy atom. The van der Waals surface area contributed by atoms with E-state index in [1.807, 2.05) is 0 Å². The zero-order chi connectivity index (χ0) is 20.8. The number of carbonyl (C=O) groups is 2. The lowest BCUT2D eigenvalue weighted by Gasteiger charge is -2.41. The van der Waals surface area contributed by atoms with Crippen LogP contribution in [0.2, 0.25) is 10.0 Å². The molecule has 0 bridgehead atoms. The van der Waals surface area contributed by atoms with E-state index in [-0.39, 0.29) is 31.5 Å². The Kier molecular flexibility index (Phi) is 5.65. The van der Waals surface area contributed by atoms with Gasteiger partial charge >= 0.3 is 10.3 Å². The maximum atomic E-state index is 12.7. The Hall–Kier alpha value is -1.79. The number of aryl methyl sites for hydroxylation is 1. The lowest BCUT2D eigenvalue weighted by atomic mass is 10.00. The summed E-state index contributed by atoms with van der Waals surface area (Å²) >= 11 is 13.3. The van der Waals surface area contributed by atoms with Crippen molar-refractivity contribution in [2.45, 2.75) is 12.3 Å². The molecule has 2 N–H and O–H groups in total. The largest absolute Gasteiger partial charge is 0.363 e. The van der Waals surface area contributed by atoms with Crippen LogP contribution in [0.3, 0.4) is 0 Å². The van der Waals surface area contributed by atoms with E-state index >= 15 is 0 Å². The fourth-order valence-electron chi connectivity index (χ4n) is 2.77. The topological polar surface area (TPSA) is 130 Å². The van der Waals surface area contributed by atoms with Crippen LogP contribution in [0.25, 0.3) is 11.3 Å². The highest BCUT2D eigenvalue weighted by atomic mass is 35.5. The number of halogens is 2. The van der Waals surface area contributed by atoms with Crippen molar-refractivity contribution in [2.75, 3.05) is 11.6 Å². The number of β-lactam (4-membered cyclic amide) rings is 1. The maximum absolute atomic E-state index is 12.7. The van der Waals surface area contributed by atoms with Crippen molar-refractivity contribution < 1.29 is 27.1 Å². The highest BCUT2D eigenvalue weighted by Gasteiger charge is 2.56. The van der Waals surface area contributed by atoms with E-state index in [4.69, 9.17) is 32.3 Å². The highest BCUT2D eigenvalue weighted by molar-refractivity contribution is 8.00. The van der Waals surface area contributed by atoms with Gasteiger partial charge in [0.15, 0.2) is 5.76 Å². The van der Waals surface area contributed by atoms with Crippen LogP contribution in [0.1, 0.15) is 5.76 Å². The van der Waals surface area contributed by atoms with Crippen molar-refractivity contribution >= 4 is 62.8 Å². The van der Waals surface area contributed by atoms with E-state index in [1.54, 1.807) is 18.2 Å². The van der Waals surface area contributed by atoms with Gasteiger partial charge in [0.2, 0.25) is 5.91 Å². The third kappa shape index (κ3) is 3.48. The lowest BCUT2D eigenvalue weighted by molar-refractivity contribution is -0.147. The molecule has 1 fully saturated rings. The Bertz CT molecular complexity index is 1050. The summed E-state index contributed by atoms with van der Waals surface area (Å²) in [7, 11) is -4.76. The van der Waals surface area contributed by atoms with E-state index in [2.05, 4.69) is 10.5 Å². The number of hydrogen-bond acceptors (Lipinski definition) is 7. The number of nitrogens with zero attached hydrogens (tertiary/aromatic N) is 2. The zero-order valence-corrected chi connectivity index (χ0v) is 17.5. The number of aromatic nitrogens is 1. The Balaban J connectivity index is 1.93. The molecule has 150 valence electrons. The minimum atomic E-state index is -4.76. The first-order chi connectivity index (χ1) is 13.1. The standard InChI is InChI=1S/C15H13Cl2N3O6S2/c1-6-11(12(19-26-6)9-7(16)4-3-5-8(9)17)18-13(21)10-14(22)20(15(10)27-2)28(23,24)25/h3-5,10,15H,1-2H3,(H,18,21)(H,23,24,25)/t10-,15-/m1/s1. The number of rotatable bonds is 5. The second-order valence-electron chi connectivity index (χ2n) is 5.76. The van der Waals surface area contributed by atoms with Crippen molar-refractivity contribution in [3.63, 3.8) is 0 Å². The molecular formula is C15H13Cl2N3O6S2. The molecule has 1 saturated heterocycles. The van der Waals surface area contributed by atoms with Crippen molar-refractivity contribution in [1.82, 2.24) is 9.46 Å². The normalized spacial score (nSPS) is 19.5. The molecule has 9 nitrogen and oxygen atoms in total. The summed E-state index contributed by atoms with van der Waals surface area (Å²) in [6.07, 6.45) is 1.51. The van der Waals surface area contributed by atoms with Gasteiger partial charge in [0, 0.05) is 5.56 Å². The summed E-state index contributed by atoms with van der Waals surface area (Å²) < 4.78 is 37.1. The number of thioether (sulfide) groups is 1. The highest BCUT2D eigenvalue weighted by Crippen LogP contribution is 2.41. The molecule has 2 atom stereocenters. The first kappa shape index (κ1) is 20.9. The van der Waals surface area contributed by atoms with Crippen LogP contribution < -0.4 is 5.32 Å². The lowest BCUT2D eigenvalue weighted by Crippen LogP contribution is -2.64. The van der Waals surface area contributed by atoms with Gasteiger partial charge in [0.05, 0.1) is 10.0 Å². The van der Waals surface area contributed by atoms with Crippen molar-refractivity contribution in [3.05, 3.63) is 34.0 Å². The first-order valence-electron chi connectivity index (χ1n) is 7.63. The maximum Gasteiger partial charge on any atom is 0.363 e. The van der Waals surface area contributed by atoms with Gasteiger partial charge in [-0.2, -0.15) is 8.42 Å². The smallest absolute Gasteiger partial charge is 0.359 e. The molecule has 0 spiro atoms. The van der Waals surface area contributed by atoms with Crippen molar-refractivity contribution in [1.29, 1.82) is 0 Å². The Labute approximate surface area is 174 Å². The molecule has 1 aliphatic rings. The van der Waals surface area contributed by atoms with Crippen LogP contribution in [0.4, 0.5) is 5.69 Å². The number of benzene rings is 1. The predicted octanol–water partition coefficient (Wildman–Crippen LogP) is 2.85. The van der Waals surface area contributed by atoms with Gasteiger partial charge in [0.25, 0.3) is 5.91 Å². The summed E-state index contributed by atoms with van der Waals surface area (Å²) in [4.78, 5) is 24.8. The summed E-state index contributed by atoms with van der Waals surface area (Å²) in [5.74, 6) is -2.90. The van der Waals surface area contributed by atoms with Gasteiger partial charge in [-0.15, -0.1) is 11.8 Å². The molecule has 1 aliphatic heterocycles. The molecule has 0 unspecified atom stereocenters. The number of carbonyl (C=O) groups excluding carboxylic acids is 2. The molecule has 3 rings (SSSR count). The summed E-state index contributed by atoms with van der Waals surface area (Å²) in [6.45, 7) is 1.54. The first-order valence-corrected chi connectivity index (χ1v) is 11.1. The third-order valence-electron chi connectivity index (χ3n) is 4.08. The molecule has 0 saturated carbocycles. The number of anilines is 1. The average molecular weight is 466 g/mol. The van der Waals surface area contributed by atoms with Crippen LogP contribution >= 0.6 is 35.0 Å². The minimum absolute atomic E-state index is 0.151. The SMILES string of the molecule is CS[C@@H]1[C@H](C(=O)Nc2c(-c3c(Cl)cccc3Cl)noc2C)C(=O)N1S(=O)(=O)O. The van der Waals surface area contributed by atoms with Gasteiger partial charge in [-0.3, -0.25) is 14.1 Å². The molecule has 0 radical (unpaired) electrons. The summed E-state index contributed by atoms with van der Waals surface area (Å²) in [5.41, 5.74) is 0.650. The van der Waals surface area contributed by atoms with E-state index in [0.717, 1.165) is 11.8 Å². The van der Waals surface area contributed by atoms with Crippen LogP contribution in [0.15, 0.2) is 22.7 Å². The molecule has 2 heterocycles. The monoisotopic (exact) mass is 465 g/mol. The minimum Gasteiger partial charge on any atom is -0.359 e. The number of hydrogen-bond donors (Lipinski definition) is 2. The molecular weight excluding hydrogens is 453 g/mol. The quantitative estimate of drug-likeness (QED) is 0.391.